The maximum atomic E-state index is 14.5. The lowest BCUT2D eigenvalue weighted by atomic mass is 10.1. The number of benzene rings is 3. The molecule has 0 spiro atoms. The van der Waals surface area contributed by atoms with Crippen LogP contribution >= 0.6 is 11.3 Å². The van der Waals surface area contributed by atoms with Gasteiger partial charge in [0.15, 0.2) is 27.3 Å². The van der Waals surface area contributed by atoms with Crippen molar-refractivity contribution < 1.29 is 36.1 Å². The van der Waals surface area contributed by atoms with Gasteiger partial charge in [0.1, 0.15) is 24.8 Å². The molecule has 248 valence electrons. The number of fused-ring (bicyclic) bond motifs is 1. The number of morpholine rings is 1. The van der Waals surface area contributed by atoms with Crippen LogP contribution in [-0.2, 0) is 14.8 Å². The van der Waals surface area contributed by atoms with E-state index >= 15 is 0 Å². The highest BCUT2D eigenvalue weighted by atomic mass is 32.2. The molecule has 7 rings (SSSR count). The Bertz CT molecular complexity index is 2070. The van der Waals surface area contributed by atoms with Crippen LogP contribution in [0.3, 0.4) is 0 Å². The molecule has 2 aliphatic rings. The van der Waals surface area contributed by atoms with Crippen LogP contribution in [0.2, 0.25) is 0 Å². The standard InChI is InChI=1S/C32H28F2N6O6S2/c1-43-28-20(4-2-7-23(28)39-48(41,42)30-21(33)5-3-6-22(30)34)27-29(47-32(38-27)40-12-14-44-15-13-40)24-10-11-35-31(37-24)36-19-8-9-25-26(18-19)46-17-16-45-25/h2-11,18,39H,12-17H2,1H3,(H,35,36,37). The number of hydrogen-bond donors (Lipinski definition) is 2. The van der Waals surface area contributed by atoms with Gasteiger partial charge < -0.3 is 29.2 Å². The van der Waals surface area contributed by atoms with Crippen LogP contribution in [0.5, 0.6) is 17.2 Å². The van der Waals surface area contributed by atoms with Gasteiger partial charge in [-0.3, -0.25) is 4.72 Å². The fourth-order valence-corrected chi connectivity index (χ4v) is 7.61. The predicted molar refractivity (Wildman–Crippen MR) is 176 cm³/mol. The number of nitrogens with zero attached hydrogens (tertiary/aromatic N) is 4. The van der Waals surface area contributed by atoms with Crippen LogP contribution in [-0.4, -0.2) is 70.0 Å². The van der Waals surface area contributed by atoms with Gasteiger partial charge >= 0.3 is 0 Å². The smallest absolute Gasteiger partial charge is 0.267 e. The molecule has 0 atom stereocenters. The molecule has 0 unspecified atom stereocenters. The maximum Gasteiger partial charge on any atom is 0.267 e. The van der Waals surface area contributed by atoms with Crippen molar-refractivity contribution in [1.29, 1.82) is 0 Å². The van der Waals surface area contributed by atoms with E-state index in [2.05, 4.69) is 19.9 Å². The van der Waals surface area contributed by atoms with Gasteiger partial charge in [0, 0.05) is 36.6 Å². The number of rotatable bonds is 9. The third-order valence-corrected chi connectivity index (χ3v) is 10.0. The first kappa shape index (κ1) is 31.5. The number of anilines is 4. The number of sulfonamides is 1. The van der Waals surface area contributed by atoms with E-state index in [9.17, 15) is 17.2 Å². The number of ether oxygens (including phenoxy) is 4. The van der Waals surface area contributed by atoms with Gasteiger partial charge in [-0.1, -0.05) is 23.5 Å². The van der Waals surface area contributed by atoms with Gasteiger partial charge in [0.05, 0.1) is 42.3 Å². The van der Waals surface area contributed by atoms with Crippen molar-refractivity contribution >= 4 is 43.8 Å². The quantitative estimate of drug-likeness (QED) is 0.196. The summed E-state index contributed by atoms with van der Waals surface area (Å²) in [5.41, 5.74) is 2.09. The molecule has 4 heterocycles. The Morgan fingerprint density at radius 3 is 2.44 bits per heavy atom. The first-order chi connectivity index (χ1) is 23.3. The summed E-state index contributed by atoms with van der Waals surface area (Å²) in [5, 5.41) is 3.91. The summed E-state index contributed by atoms with van der Waals surface area (Å²) in [6, 6.07) is 14.8. The SMILES string of the molecule is COc1c(NS(=O)(=O)c2c(F)cccc2F)cccc1-c1nc(N2CCOCC2)sc1-c1ccnc(Nc2ccc3c(c2)OCCO3)n1. The molecule has 3 aromatic carbocycles. The molecule has 2 aliphatic heterocycles. The van der Waals surface area contributed by atoms with E-state index in [0.717, 1.165) is 18.2 Å². The molecule has 2 aromatic heterocycles. The first-order valence-electron chi connectivity index (χ1n) is 14.8. The van der Waals surface area contributed by atoms with Crippen molar-refractivity contribution in [3.63, 3.8) is 0 Å². The minimum absolute atomic E-state index is 0.0341. The van der Waals surface area contributed by atoms with Gasteiger partial charge in [-0.05, 0) is 42.5 Å². The lowest BCUT2D eigenvalue weighted by Gasteiger charge is -2.26. The Balaban J connectivity index is 1.29. The van der Waals surface area contributed by atoms with E-state index in [0.29, 0.717) is 89.6 Å². The monoisotopic (exact) mass is 694 g/mol. The molecule has 5 aromatic rings. The van der Waals surface area contributed by atoms with E-state index < -0.39 is 26.6 Å². The molecule has 0 saturated carbocycles. The minimum Gasteiger partial charge on any atom is -0.494 e. The zero-order chi connectivity index (χ0) is 33.3. The zero-order valence-electron chi connectivity index (χ0n) is 25.4. The van der Waals surface area contributed by atoms with E-state index in [-0.39, 0.29) is 11.4 Å². The second-order valence-electron chi connectivity index (χ2n) is 10.6. The molecule has 0 aliphatic carbocycles. The predicted octanol–water partition coefficient (Wildman–Crippen LogP) is 5.71. The Hall–Kier alpha value is -5.06. The van der Waals surface area contributed by atoms with Crippen LogP contribution in [0.25, 0.3) is 21.8 Å². The Labute approximate surface area is 278 Å². The summed E-state index contributed by atoms with van der Waals surface area (Å²) in [6.07, 6.45) is 1.62. The summed E-state index contributed by atoms with van der Waals surface area (Å²) >= 11 is 1.40. The van der Waals surface area contributed by atoms with Gasteiger partial charge in [-0.2, -0.15) is 0 Å². The number of aromatic nitrogens is 3. The van der Waals surface area contributed by atoms with E-state index in [4.69, 9.17) is 28.9 Å². The van der Waals surface area contributed by atoms with Crippen LogP contribution in [0.1, 0.15) is 0 Å². The van der Waals surface area contributed by atoms with Gasteiger partial charge in [0.25, 0.3) is 10.0 Å². The molecule has 0 bridgehead atoms. The number of methoxy groups -OCH3 is 1. The average molecular weight is 695 g/mol. The number of para-hydroxylation sites is 1. The number of hydrogen-bond acceptors (Lipinski definition) is 12. The lowest BCUT2D eigenvalue weighted by molar-refractivity contribution is 0.122. The largest absolute Gasteiger partial charge is 0.494 e. The number of thiazole rings is 1. The van der Waals surface area contributed by atoms with Gasteiger partial charge in [-0.15, -0.1) is 0 Å². The highest BCUT2D eigenvalue weighted by Gasteiger charge is 2.28. The highest BCUT2D eigenvalue weighted by molar-refractivity contribution is 7.92. The third kappa shape index (κ3) is 6.28. The van der Waals surface area contributed by atoms with E-state index in [1.165, 1.54) is 24.5 Å². The third-order valence-electron chi connectivity index (χ3n) is 7.49. The van der Waals surface area contributed by atoms with Gasteiger partial charge in [-0.25, -0.2) is 32.2 Å². The molecular formula is C32H28F2N6O6S2. The Kier molecular flexibility index (Phi) is 8.68. The highest BCUT2D eigenvalue weighted by Crippen LogP contribution is 2.45. The Morgan fingerprint density at radius 1 is 0.917 bits per heavy atom. The van der Waals surface area contributed by atoms with Gasteiger partial charge in [0.2, 0.25) is 5.95 Å². The summed E-state index contributed by atoms with van der Waals surface area (Å²) in [4.78, 5) is 15.8. The molecule has 48 heavy (non-hydrogen) atoms. The average Bonchev–Trinajstić information content (AvgIpc) is 3.54. The molecule has 1 saturated heterocycles. The summed E-state index contributed by atoms with van der Waals surface area (Å²) in [5.74, 6) is -0.761. The fourth-order valence-electron chi connectivity index (χ4n) is 5.31. The summed E-state index contributed by atoms with van der Waals surface area (Å²) < 4.78 is 80.3. The normalized spacial score (nSPS) is 14.4. The van der Waals surface area contributed by atoms with Crippen molar-refractivity contribution in [2.45, 2.75) is 4.90 Å². The van der Waals surface area contributed by atoms with E-state index in [1.807, 2.05) is 18.2 Å². The van der Waals surface area contributed by atoms with Crippen molar-refractivity contribution in [2.75, 3.05) is 61.6 Å². The molecule has 0 amide bonds. The second-order valence-corrected chi connectivity index (χ2v) is 13.2. The molecule has 0 radical (unpaired) electrons. The summed E-state index contributed by atoms with van der Waals surface area (Å²) in [7, 11) is -3.32. The van der Waals surface area contributed by atoms with Crippen LogP contribution in [0, 0.1) is 11.6 Å². The second kappa shape index (κ2) is 13.2. The van der Waals surface area contributed by atoms with Crippen molar-refractivity contribution in [3.05, 3.63) is 78.5 Å². The van der Waals surface area contributed by atoms with Crippen LogP contribution in [0.4, 0.5) is 31.2 Å². The van der Waals surface area contributed by atoms with E-state index in [1.54, 1.807) is 24.4 Å². The maximum absolute atomic E-state index is 14.5. The molecule has 16 heteroatoms. The molecule has 1 fully saturated rings. The molecule has 12 nitrogen and oxygen atoms in total. The summed E-state index contributed by atoms with van der Waals surface area (Å²) in [6.45, 7) is 3.26. The van der Waals surface area contributed by atoms with Crippen LogP contribution < -0.4 is 29.1 Å². The van der Waals surface area contributed by atoms with Crippen molar-refractivity contribution in [1.82, 2.24) is 15.0 Å². The minimum atomic E-state index is -4.69. The van der Waals surface area contributed by atoms with Crippen molar-refractivity contribution in [3.8, 4) is 39.1 Å². The molecular weight excluding hydrogens is 667 g/mol. The van der Waals surface area contributed by atoms with Crippen molar-refractivity contribution in [2.24, 2.45) is 0 Å². The van der Waals surface area contributed by atoms with Crippen LogP contribution in [0.15, 0.2) is 71.8 Å². The first-order valence-corrected chi connectivity index (χ1v) is 17.1. The topological polar surface area (TPSA) is 137 Å². The molecule has 2 N–H and O–H groups in total. The number of nitrogens with one attached hydrogen (secondary N) is 2. The number of halogens is 2. The lowest BCUT2D eigenvalue weighted by Crippen LogP contribution is -2.36. The Morgan fingerprint density at radius 2 is 1.67 bits per heavy atom. The fraction of sp³-hybridized carbons (Fsp3) is 0.219. The zero-order valence-corrected chi connectivity index (χ0v) is 27.0.